The van der Waals surface area contributed by atoms with Gasteiger partial charge in [-0.15, -0.1) is 0 Å². The molecule has 0 aromatic heterocycles. The highest BCUT2D eigenvalue weighted by Gasteiger charge is 2.16. The van der Waals surface area contributed by atoms with Gasteiger partial charge < -0.3 is 19.6 Å². The molecule has 7 rings (SSSR count). The molecule has 0 aliphatic rings. The van der Waals surface area contributed by atoms with E-state index in [1.165, 1.54) is 89.6 Å². The van der Waals surface area contributed by atoms with Crippen molar-refractivity contribution in [1.29, 1.82) is 0 Å². The molecule has 0 saturated heterocycles. The van der Waals surface area contributed by atoms with E-state index in [4.69, 9.17) is 9.84 Å². The van der Waals surface area contributed by atoms with Crippen molar-refractivity contribution >= 4 is 40.2 Å². The van der Waals surface area contributed by atoms with E-state index in [-0.39, 0.29) is 6.61 Å². The Bertz CT molecular complexity index is 2470. The van der Waals surface area contributed by atoms with Gasteiger partial charge in [0.1, 0.15) is 0 Å². The second kappa shape index (κ2) is 22.2. The highest BCUT2D eigenvalue weighted by molar-refractivity contribution is 5.79. The summed E-state index contributed by atoms with van der Waals surface area (Å²) in [5.41, 5.74) is 22.4. The Balaban J connectivity index is 0.000000219. The Morgan fingerprint density at radius 2 is 0.746 bits per heavy atom. The van der Waals surface area contributed by atoms with Gasteiger partial charge in [-0.25, -0.2) is 0 Å². The molecule has 0 atom stereocenters. The molecular formula is C59H66N2O2. The Morgan fingerprint density at radius 1 is 0.413 bits per heavy atom. The number of aliphatic hydroxyl groups excluding tert-OH is 1. The summed E-state index contributed by atoms with van der Waals surface area (Å²) in [7, 11) is 0. The maximum Gasteiger partial charge on any atom is 0.0716 e. The first kappa shape index (κ1) is 46.3. The lowest BCUT2D eigenvalue weighted by Gasteiger charge is -2.27. The molecular weight excluding hydrogens is 769 g/mol. The standard InChI is InChI=1S/C34H37NO.C25H29NO/c1-6-29-11-13-31(14-12-29)24-36-21-7-8-30-15-19-32(20-16-30)35(33-17-9-25(2)27(4)22-33)34-18-10-26(3)28(5)23-34;1-18-7-11-24(16-20(18)3)26(25-12-8-19(2)21(4)17-25)23-13-9-22(10-14-23)6-5-15-27/h6,9-20,22-23H,1,7-8,21,24H2,2-5H3;7-14,16-17,27H,5-6,15H2,1-4H3. The largest absolute Gasteiger partial charge is 0.396 e. The summed E-state index contributed by atoms with van der Waals surface area (Å²) < 4.78 is 5.90. The van der Waals surface area contributed by atoms with E-state index < -0.39 is 0 Å². The van der Waals surface area contributed by atoms with Gasteiger partial charge in [-0.2, -0.15) is 0 Å². The average Bonchev–Trinajstić information content (AvgIpc) is 3.29. The van der Waals surface area contributed by atoms with Gasteiger partial charge in [0, 0.05) is 47.3 Å². The molecule has 63 heavy (non-hydrogen) atoms. The summed E-state index contributed by atoms with van der Waals surface area (Å²) in [6, 6.07) is 52.7. The van der Waals surface area contributed by atoms with Crippen LogP contribution in [0.1, 0.15) is 79.6 Å². The highest BCUT2D eigenvalue weighted by Crippen LogP contribution is 2.38. The first-order chi connectivity index (χ1) is 30.4. The van der Waals surface area contributed by atoms with Gasteiger partial charge >= 0.3 is 0 Å². The maximum absolute atomic E-state index is 9.06. The number of benzene rings is 7. The number of hydrogen-bond donors (Lipinski definition) is 1. The molecule has 0 bridgehead atoms. The molecule has 0 unspecified atom stereocenters. The summed E-state index contributed by atoms with van der Waals surface area (Å²) in [6.07, 6.45) is 5.57. The van der Waals surface area contributed by atoms with Crippen molar-refractivity contribution in [1.82, 2.24) is 0 Å². The van der Waals surface area contributed by atoms with Crippen LogP contribution in [0.25, 0.3) is 6.08 Å². The number of aryl methyl sites for hydroxylation is 10. The topological polar surface area (TPSA) is 35.9 Å². The van der Waals surface area contributed by atoms with E-state index in [0.29, 0.717) is 6.61 Å². The maximum atomic E-state index is 9.06. The molecule has 0 radical (unpaired) electrons. The van der Waals surface area contributed by atoms with Crippen LogP contribution >= 0.6 is 0 Å². The van der Waals surface area contributed by atoms with Crippen LogP contribution in [0.2, 0.25) is 0 Å². The monoisotopic (exact) mass is 835 g/mol. The Kier molecular flexibility index (Phi) is 16.3. The minimum absolute atomic E-state index is 0.235. The normalized spacial score (nSPS) is 10.9. The molecule has 7 aromatic carbocycles. The SMILES string of the molecule is C=Cc1ccc(COCCCc2ccc(N(c3ccc(C)c(C)c3)c3ccc(C)c(C)c3)cc2)cc1.Cc1ccc(N(c2ccc(CCCO)cc2)c2ccc(C)c(C)c2)cc1C. The van der Waals surface area contributed by atoms with Gasteiger partial charge in [0.05, 0.1) is 6.61 Å². The molecule has 0 amide bonds. The quantitative estimate of drug-likeness (QED) is 0.0984. The lowest BCUT2D eigenvalue weighted by atomic mass is 10.0. The molecule has 0 aliphatic carbocycles. The van der Waals surface area contributed by atoms with Crippen LogP contribution in [0.5, 0.6) is 0 Å². The highest BCUT2D eigenvalue weighted by atomic mass is 16.5. The van der Waals surface area contributed by atoms with Crippen LogP contribution in [-0.4, -0.2) is 18.3 Å². The Hall–Kier alpha value is -6.20. The predicted octanol–water partition coefficient (Wildman–Crippen LogP) is 15.5. The van der Waals surface area contributed by atoms with Crippen molar-refractivity contribution in [3.8, 4) is 0 Å². The lowest BCUT2D eigenvalue weighted by molar-refractivity contribution is 0.118. The number of rotatable bonds is 16. The second-order valence-corrected chi connectivity index (χ2v) is 17.0. The van der Waals surface area contributed by atoms with Gasteiger partial charge in [-0.3, -0.25) is 0 Å². The second-order valence-electron chi connectivity index (χ2n) is 17.0. The van der Waals surface area contributed by atoms with Gasteiger partial charge in [0.15, 0.2) is 0 Å². The number of anilines is 6. The third-order valence-corrected chi connectivity index (χ3v) is 12.2. The van der Waals surface area contributed by atoms with Crippen molar-refractivity contribution < 1.29 is 9.84 Å². The molecule has 4 heteroatoms. The third kappa shape index (κ3) is 12.5. The molecule has 324 valence electrons. The molecule has 0 heterocycles. The van der Waals surface area contributed by atoms with Crippen molar-refractivity contribution in [3.05, 3.63) is 219 Å². The minimum Gasteiger partial charge on any atom is -0.396 e. The van der Waals surface area contributed by atoms with E-state index in [1.807, 2.05) is 6.08 Å². The molecule has 0 aliphatic heterocycles. The fraction of sp³-hybridized carbons (Fsp3) is 0.254. The summed E-state index contributed by atoms with van der Waals surface area (Å²) in [5, 5.41) is 9.06. The van der Waals surface area contributed by atoms with Crippen molar-refractivity contribution in [2.45, 2.75) is 87.7 Å². The van der Waals surface area contributed by atoms with Gasteiger partial charge in [-0.1, -0.05) is 85.5 Å². The lowest BCUT2D eigenvalue weighted by Crippen LogP contribution is -2.11. The van der Waals surface area contributed by atoms with E-state index in [9.17, 15) is 0 Å². The Morgan fingerprint density at radius 3 is 1.08 bits per heavy atom. The summed E-state index contributed by atoms with van der Waals surface area (Å²) in [5.74, 6) is 0. The van der Waals surface area contributed by atoms with Crippen LogP contribution in [0.15, 0.2) is 152 Å². The number of nitrogens with zero attached hydrogens (tertiary/aromatic N) is 2. The van der Waals surface area contributed by atoms with E-state index in [1.54, 1.807) is 0 Å². The smallest absolute Gasteiger partial charge is 0.0716 e. The zero-order valence-corrected chi connectivity index (χ0v) is 38.8. The predicted molar refractivity (Wildman–Crippen MR) is 270 cm³/mol. The molecule has 1 N–H and O–H groups in total. The van der Waals surface area contributed by atoms with Gasteiger partial charge in [-0.05, 0) is 221 Å². The fourth-order valence-corrected chi connectivity index (χ4v) is 7.58. The number of ether oxygens (including phenoxy) is 1. The van der Waals surface area contributed by atoms with Gasteiger partial charge in [0.2, 0.25) is 0 Å². The van der Waals surface area contributed by atoms with Crippen LogP contribution in [0.3, 0.4) is 0 Å². The van der Waals surface area contributed by atoms with Crippen molar-refractivity contribution in [2.24, 2.45) is 0 Å². The molecule has 4 nitrogen and oxygen atoms in total. The Labute approximate surface area is 378 Å². The molecule has 0 fully saturated rings. The van der Waals surface area contributed by atoms with E-state index in [2.05, 4.69) is 217 Å². The van der Waals surface area contributed by atoms with Crippen LogP contribution in [0, 0.1) is 55.4 Å². The molecule has 0 saturated carbocycles. The molecule has 0 spiro atoms. The summed E-state index contributed by atoms with van der Waals surface area (Å²) in [4.78, 5) is 4.66. The molecule has 7 aromatic rings. The minimum atomic E-state index is 0.235. The van der Waals surface area contributed by atoms with Crippen molar-refractivity contribution in [3.63, 3.8) is 0 Å². The van der Waals surface area contributed by atoms with Crippen molar-refractivity contribution in [2.75, 3.05) is 23.0 Å². The third-order valence-electron chi connectivity index (χ3n) is 12.2. The summed E-state index contributed by atoms with van der Waals surface area (Å²) >= 11 is 0. The van der Waals surface area contributed by atoms with Gasteiger partial charge in [0.25, 0.3) is 0 Å². The fourth-order valence-electron chi connectivity index (χ4n) is 7.58. The van der Waals surface area contributed by atoms with Crippen LogP contribution in [-0.2, 0) is 24.2 Å². The average molecular weight is 835 g/mol. The van der Waals surface area contributed by atoms with Crippen LogP contribution in [0.4, 0.5) is 34.1 Å². The summed E-state index contributed by atoms with van der Waals surface area (Å²) in [6.45, 7) is 22.7. The zero-order chi connectivity index (χ0) is 44.9. The first-order valence-corrected chi connectivity index (χ1v) is 22.4. The number of aliphatic hydroxyl groups is 1. The van der Waals surface area contributed by atoms with Crippen LogP contribution < -0.4 is 9.80 Å². The van der Waals surface area contributed by atoms with E-state index >= 15 is 0 Å². The van der Waals surface area contributed by atoms with E-state index in [0.717, 1.165) is 43.5 Å². The number of hydrogen-bond acceptors (Lipinski definition) is 4. The first-order valence-electron chi connectivity index (χ1n) is 22.4. The zero-order valence-electron chi connectivity index (χ0n) is 38.8.